The standard InChI is InChI=1S/C16H15N3O2/c1-19(11-12-6-3-2-4-7-12)16(20)14-10-13(17-18-14)15-8-5-9-21-15/h2-10H,11H2,1H3,(H,17,18). The second-order valence-corrected chi connectivity index (χ2v) is 4.79. The van der Waals surface area contributed by atoms with Gasteiger partial charge in [-0.3, -0.25) is 9.89 Å². The van der Waals surface area contributed by atoms with Crippen molar-refractivity contribution in [2.24, 2.45) is 0 Å². The number of furan rings is 1. The first-order valence-corrected chi connectivity index (χ1v) is 6.63. The van der Waals surface area contributed by atoms with Gasteiger partial charge in [0.1, 0.15) is 5.69 Å². The van der Waals surface area contributed by atoms with E-state index in [0.717, 1.165) is 5.56 Å². The first-order chi connectivity index (χ1) is 10.2. The van der Waals surface area contributed by atoms with E-state index in [4.69, 9.17) is 4.42 Å². The lowest BCUT2D eigenvalue weighted by molar-refractivity contribution is 0.0779. The van der Waals surface area contributed by atoms with Gasteiger partial charge in [0.15, 0.2) is 11.5 Å². The lowest BCUT2D eigenvalue weighted by Gasteiger charge is -2.15. The number of hydrogen-bond donors (Lipinski definition) is 1. The summed E-state index contributed by atoms with van der Waals surface area (Å²) in [5.74, 6) is 0.528. The number of aromatic amines is 1. The Morgan fingerprint density at radius 1 is 1.24 bits per heavy atom. The highest BCUT2D eigenvalue weighted by Crippen LogP contribution is 2.18. The van der Waals surface area contributed by atoms with Crippen LogP contribution in [0.4, 0.5) is 0 Å². The van der Waals surface area contributed by atoms with Gasteiger partial charge in [0.2, 0.25) is 0 Å². The lowest BCUT2D eigenvalue weighted by Crippen LogP contribution is -2.26. The number of benzene rings is 1. The van der Waals surface area contributed by atoms with Crippen LogP contribution in [0, 0.1) is 0 Å². The fraction of sp³-hybridized carbons (Fsp3) is 0.125. The van der Waals surface area contributed by atoms with Crippen molar-refractivity contribution >= 4 is 5.91 Å². The molecule has 1 amide bonds. The molecule has 0 radical (unpaired) electrons. The Morgan fingerprint density at radius 2 is 2.05 bits per heavy atom. The van der Waals surface area contributed by atoms with Crippen molar-refractivity contribution in [2.45, 2.75) is 6.54 Å². The van der Waals surface area contributed by atoms with E-state index in [1.807, 2.05) is 36.4 Å². The first-order valence-electron chi connectivity index (χ1n) is 6.63. The maximum atomic E-state index is 12.3. The first kappa shape index (κ1) is 13.2. The van der Waals surface area contributed by atoms with E-state index in [-0.39, 0.29) is 5.91 Å². The lowest BCUT2D eigenvalue weighted by atomic mass is 10.2. The molecule has 0 unspecified atom stereocenters. The molecule has 3 rings (SSSR count). The third kappa shape index (κ3) is 2.86. The van der Waals surface area contributed by atoms with Crippen LogP contribution in [-0.2, 0) is 6.54 Å². The van der Waals surface area contributed by atoms with Gasteiger partial charge in [0, 0.05) is 19.7 Å². The molecule has 0 fully saturated rings. The predicted molar refractivity (Wildman–Crippen MR) is 78.5 cm³/mol. The van der Waals surface area contributed by atoms with E-state index in [1.165, 1.54) is 0 Å². The quantitative estimate of drug-likeness (QED) is 0.799. The van der Waals surface area contributed by atoms with Crippen LogP contribution >= 0.6 is 0 Å². The van der Waals surface area contributed by atoms with Gasteiger partial charge in [-0.2, -0.15) is 5.10 Å². The highest BCUT2D eigenvalue weighted by molar-refractivity contribution is 5.93. The summed E-state index contributed by atoms with van der Waals surface area (Å²) in [5.41, 5.74) is 2.14. The summed E-state index contributed by atoms with van der Waals surface area (Å²) in [6, 6.07) is 15.1. The summed E-state index contributed by atoms with van der Waals surface area (Å²) in [5, 5.41) is 6.88. The molecule has 0 aliphatic heterocycles. The van der Waals surface area contributed by atoms with Gasteiger partial charge >= 0.3 is 0 Å². The number of aromatic nitrogens is 2. The summed E-state index contributed by atoms with van der Waals surface area (Å²) >= 11 is 0. The van der Waals surface area contributed by atoms with E-state index in [9.17, 15) is 4.79 Å². The van der Waals surface area contributed by atoms with Gasteiger partial charge in [-0.1, -0.05) is 30.3 Å². The zero-order valence-electron chi connectivity index (χ0n) is 11.6. The number of nitrogens with zero attached hydrogens (tertiary/aromatic N) is 2. The number of carbonyl (C=O) groups is 1. The number of hydrogen-bond acceptors (Lipinski definition) is 3. The molecule has 0 saturated heterocycles. The molecule has 0 bridgehead atoms. The number of nitrogens with one attached hydrogen (secondary N) is 1. The maximum absolute atomic E-state index is 12.3. The van der Waals surface area contributed by atoms with Crippen LogP contribution in [-0.4, -0.2) is 28.1 Å². The normalized spacial score (nSPS) is 10.5. The maximum Gasteiger partial charge on any atom is 0.274 e. The van der Waals surface area contributed by atoms with Crippen molar-refractivity contribution in [1.82, 2.24) is 15.1 Å². The van der Waals surface area contributed by atoms with Crippen LogP contribution in [0.1, 0.15) is 16.1 Å². The zero-order valence-corrected chi connectivity index (χ0v) is 11.6. The third-order valence-electron chi connectivity index (χ3n) is 3.19. The summed E-state index contributed by atoms with van der Waals surface area (Å²) < 4.78 is 5.27. The molecule has 3 aromatic rings. The van der Waals surface area contributed by atoms with Crippen molar-refractivity contribution in [2.75, 3.05) is 7.05 Å². The monoisotopic (exact) mass is 281 g/mol. The minimum atomic E-state index is -0.132. The fourth-order valence-corrected chi connectivity index (χ4v) is 2.11. The Morgan fingerprint density at radius 3 is 2.76 bits per heavy atom. The van der Waals surface area contributed by atoms with Gasteiger partial charge in [-0.05, 0) is 17.7 Å². The van der Waals surface area contributed by atoms with Crippen LogP contribution < -0.4 is 0 Å². The number of amides is 1. The number of H-pyrrole nitrogens is 1. The molecule has 1 aromatic carbocycles. The highest BCUT2D eigenvalue weighted by atomic mass is 16.3. The Kier molecular flexibility index (Phi) is 3.55. The van der Waals surface area contributed by atoms with Crippen LogP contribution in [0.2, 0.25) is 0 Å². The summed E-state index contributed by atoms with van der Waals surface area (Å²) in [4.78, 5) is 14.0. The van der Waals surface area contributed by atoms with Gasteiger partial charge in [-0.25, -0.2) is 0 Å². The third-order valence-corrected chi connectivity index (χ3v) is 3.19. The molecular formula is C16H15N3O2. The number of rotatable bonds is 4. The molecule has 21 heavy (non-hydrogen) atoms. The molecule has 0 spiro atoms. The Labute approximate surface area is 122 Å². The van der Waals surface area contributed by atoms with Crippen molar-refractivity contribution in [3.63, 3.8) is 0 Å². The van der Waals surface area contributed by atoms with E-state index in [1.54, 1.807) is 30.3 Å². The molecule has 0 aliphatic carbocycles. The summed E-state index contributed by atoms with van der Waals surface area (Å²) in [7, 11) is 1.76. The zero-order chi connectivity index (χ0) is 14.7. The van der Waals surface area contributed by atoms with Crippen LogP contribution in [0.25, 0.3) is 11.5 Å². The van der Waals surface area contributed by atoms with Gasteiger partial charge < -0.3 is 9.32 Å². The van der Waals surface area contributed by atoms with Crippen LogP contribution in [0.3, 0.4) is 0 Å². The minimum absolute atomic E-state index is 0.132. The SMILES string of the molecule is CN(Cc1ccccc1)C(=O)c1cc(-c2ccco2)[nH]n1. The molecule has 2 aromatic heterocycles. The largest absolute Gasteiger partial charge is 0.463 e. The Bertz CT molecular complexity index is 717. The highest BCUT2D eigenvalue weighted by Gasteiger charge is 2.16. The van der Waals surface area contributed by atoms with E-state index < -0.39 is 0 Å². The average molecular weight is 281 g/mol. The Hall–Kier alpha value is -2.82. The molecule has 5 nitrogen and oxygen atoms in total. The van der Waals surface area contributed by atoms with Crippen molar-refractivity contribution in [3.05, 3.63) is 66.1 Å². The summed E-state index contributed by atoms with van der Waals surface area (Å²) in [6.45, 7) is 0.544. The van der Waals surface area contributed by atoms with Crippen molar-refractivity contribution in [1.29, 1.82) is 0 Å². The van der Waals surface area contributed by atoms with Gasteiger partial charge in [-0.15, -0.1) is 0 Å². The molecule has 106 valence electrons. The molecular weight excluding hydrogens is 266 g/mol. The van der Waals surface area contributed by atoms with Gasteiger partial charge in [0.25, 0.3) is 5.91 Å². The molecule has 5 heteroatoms. The molecule has 0 saturated carbocycles. The van der Waals surface area contributed by atoms with Crippen molar-refractivity contribution in [3.8, 4) is 11.5 Å². The molecule has 0 atom stereocenters. The predicted octanol–water partition coefficient (Wildman–Crippen LogP) is 2.94. The van der Waals surface area contributed by atoms with E-state index in [0.29, 0.717) is 23.7 Å². The number of carbonyl (C=O) groups excluding carboxylic acids is 1. The second-order valence-electron chi connectivity index (χ2n) is 4.79. The van der Waals surface area contributed by atoms with Crippen LogP contribution in [0.5, 0.6) is 0 Å². The molecule has 2 heterocycles. The second kappa shape index (κ2) is 5.66. The fourth-order valence-electron chi connectivity index (χ4n) is 2.11. The minimum Gasteiger partial charge on any atom is -0.463 e. The summed E-state index contributed by atoms with van der Waals surface area (Å²) in [6.07, 6.45) is 1.58. The smallest absolute Gasteiger partial charge is 0.274 e. The molecule has 0 aliphatic rings. The van der Waals surface area contributed by atoms with Crippen LogP contribution in [0.15, 0.2) is 59.2 Å². The topological polar surface area (TPSA) is 62.1 Å². The van der Waals surface area contributed by atoms with Gasteiger partial charge in [0.05, 0.1) is 6.26 Å². The Balaban J connectivity index is 1.73. The van der Waals surface area contributed by atoms with Crippen molar-refractivity contribution < 1.29 is 9.21 Å². The molecule has 1 N–H and O–H groups in total. The average Bonchev–Trinajstić information content (AvgIpc) is 3.18. The van der Waals surface area contributed by atoms with E-state index >= 15 is 0 Å². The van der Waals surface area contributed by atoms with E-state index in [2.05, 4.69) is 10.2 Å².